The van der Waals surface area contributed by atoms with E-state index in [1.54, 1.807) is 0 Å². The van der Waals surface area contributed by atoms with Crippen LogP contribution in [-0.2, 0) is 18.7 Å². The summed E-state index contributed by atoms with van der Waals surface area (Å²) in [5.41, 5.74) is 0.853. The molecule has 3 aliphatic rings. The number of carbonyl (C=O) groups excluding carboxylic acids is 1. The van der Waals surface area contributed by atoms with E-state index < -0.39 is 26.0 Å². The summed E-state index contributed by atoms with van der Waals surface area (Å²) < 4.78 is 57.8. The number of carbonyl (C=O) groups is 1. The van der Waals surface area contributed by atoms with Gasteiger partial charge in [0.25, 0.3) is 0 Å². The van der Waals surface area contributed by atoms with Crippen molar-refractivity contribution in [3.05, 3.63) is 12.2 Å². The van der Waals surface area contributed by atoms with Crippen molar-refractivity contribution >= 4 is 14.2 Å². The molecule has 9 heteroatoms. The molecule has 0 spiro atoms. The molecule has 3 rings (SSSR count). The third-order valence-electron chi connectivity index (χ3n) is 13.4. The van der Waals surface area contributed by atoms with Crippen LogP contribution < -0.4 is 5.32 Å². The van der Waals surface area contributed by atoms with Crippen LogP contribution >= 0.6 is 0 Å². The highest BCUT2D eigenvalue weighted by Crippen LogP contribution is 2.70. The molecule has 0 heterocycles. The second-order valence-electron chi connectivity index (χ2n) is 15.0. The fourth-order valence-corrected chi connectivity index (χ4v) is 12.9. The lowest BCUT2D eigenvalue weighted by molar-refractivity contribution is -0.187. The van der Waals surface area contributed by atoms with Crippen molar-refractivity contribution in [1.29, 1.82) is 0 Å². The van der Waals surface area contributed by atoms with Gasteiger partial charge >= 0.3 is 12.1 Å². The van der Waals surface area contributed by atoms with Crippen LogP contribution in [-0.4, -0.2) is 59.0 Å². The molecule has 0 aromatic heterocycles. The molecule has 3 aliphatic carbocycles. The number of nitrogens with one attached hydrogen (secondary N) is 1. The Bertz CT molecular complexity index is 982. The topological polar surface area (TPSA) is 56.8 Å². The first-order valence-electron chi connectivity index (χ1n) is 18.0. The van der Waals surface area contributed by atoms with Gasteiger partial charge in [-0.2, -0.15) is 13.2 Å². The fourth-order valence-electron chi connectivity index (χ4n) is 9.97. The van der Waals surface area contributed by atoms with E-state index in [1.807, 2.05) is 19.5 Å². The molecular formula is C36H64F3NO4Si. The van der Waals surface area contributed by atoms with E-state index in [2.05, 4.69) is 41.5 Å². The van der Waals surface area contributed by atoms with E-state index in [9.17, 15) is 18.0 Å². The van der Waals surface area contributed by atoms with E-state index in [0.29, 0.717) is 24.2 Å². The highest BCUT2D eigenvalue weighted by molar-refractivity contribution is 6.73. The Labute approximate surface area is 273 Å². The maximum Gasteiger partial charge on any atom is 0.471 e. The molecule has 0 aromatic carbocycles. The number of hydrogen-bond acceptors (Lipinski definition) is 4. The number of hydrogen-bond donors (Lipinski definition) is 1. The molecule has 0 aliphatic heterocycles. The van der Waals surface area contributed by atoms with E-state index in [-0.39, 0.29) is 29.6 Å². The predicted octanol–water partition coefficient (Wildman–Crippen LogP) is 9.61. The van der Waals surface area contributed by atoms with Crippen LogP contribution in [0.15, 0.2) is 12.2 Å². The van der Waals surface area contributed by atoms with Gasteiger partial charge in [0.15, 0.2) is 8.32 Å². The minimum Gasteiger partial charge on any atom is -0.413 e. The van der Waals surface area contributed by atoms with Crippen molar-refractivity contribution in [3.63, 3.8) is 0 Å². The van der Waals surface area contributed by atoms with Crippen LogP contribution in [0.1, 0.15) is 119 Å². The lowest BCUT2D eigenvalue weighted by Gasteiger charge is -2.64. The average molecular weight is 660 g/mol. The molecule has 45 heavy (non-hydrogen) atoms. The van der Waals surface area contributed by atoms with Gasteiger partial charge in [-0.25, -0.2) is 0 Å². The molecular weight excluding hydrogens is 595 g/mol. The van der Waals surface area contributed by atoms with Gasteiger partial charge < -0.3 is 19.2 Å². The Kier molecular flexibility index (Phi) is 13.3. The monoisotopic (exact) mass is 659 g/mol. The van der Waals surface area contributed by atoms with E-state index in [0.717, 1.165) is 75.9 Å². The number of unbranched alkanes of at least 4 members (excludes halogenated alkanes) is 5. The third-order valence-corrected chi connectivity index (χ3v) is 18.1. The number of rotatable bonds is 16. The number of alkyl halides is 3. The molecule has 3 fully saturated rings. The molecule has 0 unspecified atom stereocenters. The molecule has 0 saturated heterocycles. The molecule has 2 bridgehead atoms. The van der Waals surface area contributed by atoms with Crippen LogP contribution in [0.4, 0.5) is 13.2 Å². The van der Waals surface area contributed by atoms with Crippen LogP contribution in [0.25, 0.3) is 0 Å². The van der Waals surface area contributed by atoms with Gasteiger partial charge in [0.2, 0.25) is 0 Å². The minimum absolute atomic E-state index is 0.0343. The number of amides is 1. The summed E-state index contributed by atoms with van der Waals surface area (Å²) in [7, 11) is 1.82. The van der Waals surface area contributed by atoms with E-state index >= 15 is 0 Å². The predicted molar refractivity (Wildman–Crippen MR) is 179 cm³/mol. The lowest BCUT2D eigenvalue weighted by atomic mass is 9.44. The molecule has 8 atom stereocenters. The quantitative estimate of drug-likeness (QED) is 0.102. The Morgan fingerprint density at radius 2 is 1.56 bits per heavy atom. The van der Waals surface area contributed by atoms with Crippen molar-refractivity contribution in [1.82, 2.24) is 5.32 Å². The van der Waals surface area contributed by atoms with Crippen molar-refractivity contribution in [2.24, 2.45) is 28.6 Å². The zero-order valence-corrected chi connectivity index (χ0v) is 30.7. The Hall–Kier alpha value is -0.903. The molecule has 262 valence electrons. The highest BCUT2D eigenvalue weighted by atomic mass is 28.4. The van der Waals surface area contributed by atoms with Crippen molar-refractivity contribution < 1.29 is 31.9 Å². The second kappa shape index (κ2) is 15.5. The van der Waals surface area contributed by atoms with Crippen molar-refractivity contribution in [2.75, 3.05) is 20.8 Å². The van der Waals surface area contributed by atoms with Crippen LogP contribution in [0.5, 0.6) is 0 Å². The highest BCUT2D eigenvalue weighted by Gasteiger charge is 2.68. The molecule has 3 saturated carbocycles. The summed E-state index contributed by atoms with van der Waals surface area (Å²) in [6, 6.07) is 3.34. The normalized spacial score (nSPS) is 35.5. The molecule has 1 N–H and O–H groups in total. The second-order valence-corrected chi connectivity index (χ2v) is 19.7. The third kappa shape index (κ3) is 7.56. The van der Waals surface area contributed by atoms with Crippen LogP contribution in [0, 0.1) is 28.6 Å². The maximum absolute atomic E-state index is 12.4. The van der Waals surface area contributed by atoms with Crippen LogP contribution in [0.3, 0.4) is 0 Å². The largest absolute Gasteiger partial charge is 0.471 e. The summed E-state index contributed by atoms with van der Waals surface area (Å²) >= 11 is 0. The average Bonchev–Trinajstić information content (AvgIpc) is 3.42. The first-order chi connectivity index (χ1) is 21.2. The van der Waals surface area contributed by atoms with Gasteiger partial charge in [0.05, 0.1) is 17.8 Å². The van der Waals surface area contributed by atoms with Gasteiger partial charge in [0, 0.05) is 32.6 Å². The summed E-state index contributed by atoms with van der Waals surface area (Å²) in [6.45, 7) is 19.3. The van der Waals surface area contributed by atoms with Gasteiger partial charge in [-0.3, -0.25) is 4.79 Å². The smallest absolute Gasteiger partial charge is 0.413 e. The SMILES string of the molecule is C=C1[C@H](C)[C@@]23CC[C@@H](C)[C@](C)([C@@H]2[C@H](OC)CC3)[C@H](O[Si](CC)(CC)CC)C[C@@]1(CCCCCCCCNC(=O)C(F)(F)F)OC. The summed E-state index contributed by atoms with van der Waals surface area (Å²) in [4.78, 5) is 11.0. The molecule has 0 radical (unpaired) electrons. The number of halogens is 3. The molecule has 0 aromatic rings. The van der Waals surface area contributed by atoms with E-state index in [4.69, 9.17) is 20.5 Å². The first-order valence-corrected chi connectivity index (χ1v) is 20.5. The van der Waals surface area contributed by atoms with Crippen molar-refractivity contribution in [3.8, 4) is 0 Å². The standard InChI is InChI=1S/C36H64F3NO4Si/c1-10-45(11-2,12-3)44-30-25-35(43-9,21-17-15-13-14-16-18-24-40-32(41)36(37,38)39)28(6)27(5)34-22-19-26(4)33(30,7)31(34)29(42-8)20-23-34/h26-27,29-31H,6,10-25H2,1-5,7-9H3,(H,40,41)/t26-,27+,29-,30-,31+,33+,34+,35-/m1/s1. The molecule has 5 nitrogen and oxygen atoms in total. The maximum atomic E-state index is 12.4. The lowest BCUT2D eigenvalue weighted by Crippen LogP contribution is -2.64. The molecule has 1 amide bonds. The zero-order valence-electron chi connectivity index (χ0n) is 29.7. The summed E-state index contributed by atoms with van der Waals surface area (Å²) in [5, 5.41) is 1.97. The van der Waals surface area contributed by atoms with Gasteiger partial charge in [-0.1, -0.05) is 80.2 Å². The van der Waals surface area contributed by atoms with Gasteiger partial charge in [-0.05, 0) is 85.4 Å². The van der Waals surface area contributed by atoms with Gasteiger partial charge in [0.1, 0.15) is 0 Å². The Morgan fingerprint density at radius 1 is 0.978 bits per heavy atom. The fraction of sp³-hybridized carbons (Fsp3) is 0.917. The number of ether oxygens (including phenoxy) is 2. The Balaban J connectivity index is 1.83. The summed E-state index contributed by atoms with van der Waals surface area (Å²) in [5.74, 6) is -0.604. The summed E-state index contributed by atoms with van der Waals surface area (Å²) in [6.07, 6.45) is 7.16. The Morgan fingerprint density at radius 3 is 2.11 bits per heavy atom. The van der Waals surface area contributed by atoms with Crippen LogP contribution in [0.2, 0.25) is 18.1 Å². The van der Waals surface area contributed by atoms with Gasteiger partial charge in [-0.15, -0.1) is 0 Å². The van der Waals surface area contributed by atoms with Crippen molar-refractivity contribution in [2.45, 2.75) is 161 Å². The first kappa shape index (κ1) is 38.5. The number of methoxy groups -OCH3 is 2. The zero-order chi connectivity index (χ0) is 33.7. The van der Waals surface area contributed by atoms with E-state index in [1.165, 1.54) is 18.4 Å². The minimum atomic E-state index is -4.81.